The van der Waals surface area contributed by atoms with Crippen LogP contribution in [-0.2, 0) is 0 Å². The van der Waals surface area contributed by atoms with Gasteiger partial charge in [0.2, 0.25) is 0 Å². The number of nitro groups is 1. The van der Waals surface area contributed by atoms with Crippen molar-refractivity contribution in [3.8, 4) is 0 Å². The Labute approximate surface area is 129 Å². The van der Waals surface area contributed by atoms with Crippen LogP contribution in [-0.4, -0.2) is 17.8 Å². The number of anilines is 1. The number of carbonyl (C=O) groups is 1. The average Bonchev–Trinajstić information content (AvgIpc) is 2.56. The van der Waals surface area contributed by atoms with Gasteiger partial charge in [0.1, 0.15) is 12.0 Å². The summed E-state index contributed by atoms with van der Waals surface area (Å²) in [5, 5.41) is 14.3. The van der Waals surface area contributed by atoms with E-state index in [9.17, 15) is 14.9 Å². The molecular formula is C17H18N2O3. The molecule has 0 heterocycles. The summed E-state index contributed by atoms with van der Waals surface area (Å²) in [4.78, 5) is 21.4. The molecule has 0 bridgehead atoms. The Morgan fingerprint density at radius 1 is 1.23 bits per heavy atom. The predicted octanol–water partition coefficient (Wildman–Crippen LogP) is 4.01. The summed E-state index contributed by atoms with van der Waals surface area (Å²) in [6, 6.07) is 14.5. The highest BCUT2D eigenvalue weighted by atomic mass is 16.6. The molecule has 0 aliphatic carbocycles. The molecule has 1 N–H and O–H groups in total. The molecule has 0 aromatic heterocycles. The summed E-state index contributed by atoms with van der Waals surface area (Å²) >= 11 is 0. The normalized spacial score (nSPS) is 11.7. The van der Waals surface area contributed by atoms with Gasteiger partial charge in [-0.25, -0.2) is 0 Å². The minimum Gasteiger partial charge on any atom is -0.379 e. The topological polar surface area (TPSA) is 72.2 Å². The van der Waals surface area contributed by atoms with Crippen LogP contribution < -0.4 is 5.32 Å². The number of nitrogens with one attached hydrogen (secondary N) is 1. The molecule has 2 aromatic carbocycles. The Balaban J connectivity index is 2.16. The zero-order chi connectivity index (χ0) is 15.9. The number of benzene rings is 2. The number of nitrogens with zero attached hydrogens (tertiary/aromatic N) is 1. The van der Waals surface area contributed by atoms with Crippen molar-refractivity contribution >= 4 is 17.7 Å². The molecule has 22 heavy (non-hydrogen) atoms. The van der Waals surface area contributed by atoms with Crippen molar-refractivity contribution in [3.05, 3.63) is 69.8 Å². The fourth-order valence-electron chi connectivity index (χ4n) is 2.38. The summed E-state index contributed by atoms with van der Waals surface area (Å²) in [5.41, 5.74) is 1.86. The smallest absolute Gasteiger partial charge is 0.293 e. The number of carbonyl (C=O) groups excluding carboxylic acids is 1. The Hall–Kier alpha value is -2.69. The van der Waals surface area contributed by atoms with Gasteiger partial charge >= 0.3 is 0 Å². The number of nitro benzene ring substituents is 1. The highest BCUT2D eigenvalue weighted by Crippen LogP contribution is 2.27. The summed E-state index contributed by atoms with van der Waals surface area (Å²) in [6.45, 7) is 2.69. The van der Waals surface area contributed by atoms with Gasteiger partial charge in [0.25, 0.3) is 5.69 Å². The largest absolute Gasteiger partial charge is 0.379 e. The van der Waals surface area contributed by atoms with E-state index in [-0.39, 0.29) is 11.6 Å². The van der Waals surface area contributed by atoms with Crippen LogP contribution in [0.3, 0.4) is 0 Å². The Bertz CT molecular complexity index is 656. The monoisotopic (exact) mass is 298 g/mol. The molecule has 0 radical (unpaired) electrons. The van der Waals surface area contributed by atoms with E-state index in [2.05, 4.69) is 24.4 Å². The molecule has 0 spiro atoms. The molecule has 5 nitrogen and oxygen atoms in total. The first kappa shape index (κ1) is 15.7. The first-order chi connectivity index (χ1) is 10.7. The van der Waals surface area contributed by atoms with Crippen molar-refractivity contribution in [1.82, 2.24) is 0 Å². The summed E-state index contributed by atoms with van der Waals surface area (Å²) < 4.78 is 0. The number of rotatable bonds is 7. The van der Waals surface area contributed by atoms with Crippen LogP contribution >= 0.6 is 0 Å². The van der Waals surface area contributed by atoms with Crippen LogP contribution in [0.15, 0.2) is 48.5 Å². The molecule has 114 valence electrons. The third-order valence-electron chi connectivity index (χ3n) is 3.66. The van der Waals surface area contributed by atoms with Gasteiger partial charge in [0.05, 0.1) is 4.92 Å². The van der Waals surface area contributed by atoms with Crippen molar-refractivity contribution in [1.29, 1.82) is 0 Å². The fourth-order valence-corrected chi connectivity index (χ4v) is 2.38. The van der Waals surface area contributed by atoms with Crippen LogP contribution in [0.5, 0.6) is 0 Å². The van der Waals surface area contributed by atoms with Crippen LogP contribution in [0.4, 0.5) is 11.4 Å². The van der Waals surface area contributed by atoms with E-state index < -0.39 is 4.92 Å². The lowest BCUT2D eigenvalue weighted by molar-refractivity contribution is -0.384. The van der Waals surface area contributed by atoms with Gasteiger partial charge in [0.15, 0.2) is 0 Å². The second-order valence-corrected chi connectivity index (χ2v) is 5.05. The SMILES string of the molecule is CC[C@H](CNc1ccc(C=O)cc1[N+](=O)[O-])c1ccccc1. The van der Waals surface area contributed by atoms with E-state index in [1.165, 1.54) is 11.6 Å². The molecule has 0 saturated heterocycles. The molecule has 1 atom stereocenters. The van der Waals surface area contributed by atoms with E-state index in [0.717, 1.165) is 6.42 Å². The van der Waals surface area contributed by atoms with E-state index in [0.29, 0.717) is 24.1 Å². The lowest BCUT2D eigenvalue weighted by Crippen LogP contribution is -2.13. The Morgan fingerprint density at radius 2 is 1.95 bits per heavy atom. The maximum Gasteiger partial charge on any atom is 0.293 e. The molecule has 2 rings (SSSR count). The first-order valence-corrected chi connectivity index (χ1v) is 7.18. The summed E-state index contributed by atoms with van der Waals surface area (Å²) in [5.74, 6) is 0.270. The van der Waals surface area contributed by atoms with Crippen molar-refractivity contribution in [2.75, 3.05) is 11.9 Å². The molecule has 0 unspecified atom stereocenters. The van der Waals surface area contributed by atoms with Crippen molar-refractivity contribution < 1.29 is 9.72 Å². The minimum atomic E-state index is -0.473. The minimum absolute atomic E-state index is 0.0764. The van der Waals surface area contributed by atoms with Crippen molar-refractivity contribution in [2.45, 2.75) is 19.3 Å². The first-order valence-electron chi connectivity index (χ1n) is 7.18. The van der Waals surface area contributed by atoms with Crippen LogP contribution in [0, 0.1) is 10.1 Å². The van der Waals surface area contributed by atoms with Gasteiger partial charge in [-0.15, -0.1) is 0 Å². The highest BCUT2D eigenvalue weighted by Gasteiger charge is 2.16. The van der Waals surface area contributed by atoms with Crippen molar-refractivity contribution in [3.63, 3.8) is 0 Å². The third-order valence-corrected chi connectivity index (χ3v) is 3.66. The summed E-state index contributed by atoms with van der Waals surface area (Å²) in [6.07, 6.45) is 1.53. The molecule has 0 saturated carbocycles. The molecular weight excluding hydrogens is 280 g/mol. The maximum atomic E-state index is 11.1. The quantitative estimate of drug-likeness (QED) is 0.476. The van der Waals surface area contributed by atoms with Gasteiger partial charge in [-0.05, 0) is 24.1 Å². The Morgan fingerprint density at radius 3 is 2.55 bits per heavy atom. The van der Waals surface area contributed by atoms with Gasteiger partial charge in [-0.1, -0.05) is 37.3 Å². The van der Waals surface area contributed by atoms with E-state index in [1.807, 2.05) is 18.2 Å². The molecule has 0 amide bonds. The van der Waals surface area contributed by atoms with E-state index in [1.54, 1.807) is 12.1 Å². The lowest BCUT2D eigenvalue weighted by atomic mass is 9.96. The maximum absolute atomic E-state index is 11.1. The zero-order valence-corrected chi connectivity index (χ0v) is 12.4. The average molecular weight is 298 g/mol. The number of aldehydes is 1. The van der Waals surface area contributed by atoms with Gasteiger partial charge in [-0.2, -0.15) is 0 Å². The molecule has 5 heteroatoms. The zero-order valence-electron chi connectivity index (χ0n) is 12.4. The lowest BCUT2D eigenvalue weighted by Gasteiger charge is -2.17. The van der Waals surface area contributed by atoms with Crippen LogP contribution in [0.25, 0.3) is 0 Å². The predicted molar refractivity (Wildman–Crippen MR) is 86.4 cm³/mol. The van der Waals surface area contributed by atoms with Crippen LogP contribution in [0.2, 0.25) is 0 Å². The molecule has 0 fully saturated rings. The number of hydrogen-bond acceptors (Lipinski definition) is 4. The van der Waals surface area contributed by atoms with Crippen molar-refractivity contribution in [2.24, 2.45) is 0 Å². The highest BCUT2D eigenvalue weighted by molar-refractivity contribution is 5.79. The number of hydrogen-bond donors (Lipinski definition) is 1. The fraction of sp³-hybridized carbons (Fsp3) is 0.235. The van der Waals surface area contributed by atoms with Gasteiger partial charge < -0.3 is 5.32 Å². The standard InChI is InChI=1S/C17H18N2O3/c1-2-14(15-6-4-3-5-7-15)11-18-16-9-8-13(12-20)10-17(16)19(21)22/h3-10,12,14,18H,2,11H2,1H3/t14-/m1/s1. The second kappa shape index (κ2) is 7.36. The van der Waals surface area contributed by atoms with Gasteiger partial charge in [-0.3, -0.25) is 14.9 Å². The molecule has 2 aromatic rings. The van der Waals surface area contributed by atoms with Crippen LogP contribution in [0.1, 0.15) is 35.2 Å². The molecule has 0 aliphatic heterocycles. The third kappa shape index (κ3) is 3.69. The van der Waals surface area contributed by atoms with E-state index >= 15 is 0 Å². The van der Waals surface area contributed by atoms with E-state index in [4.69, 9.17) is 0 Å². The second-order valence-electron chi connectivity index (χ2n) is 5.05. The summed E-state index contributed by atoms with van der Waals surface area (Å²) in [7, 11) is 0. The van der Waals surface area contributed by atoms with Gasteiger partial charge in [0, 0.05) is 24.1 Å². The Kier molecular flexibility index (Phi) is 5.25. The molecule has 0 aliphatic rings.